The van der Waals surface area contributed by atoms with Crippen LogP contribution in [0.2, 0.25) is 0 Å². The van der Waals surface area contributed by atoms with Crippen molar-refractivity contribution < 1.29 is 14.6 Å². The van der Waals surface area contributed by atoms with Crippen molar-refractivity contribution in [3.63, 3.8) is 0 Å². The van der Waals surface area contributed by atoms with E-state index in [2.05, 4.69) is 12.2 Å². The van der Waals surface area contributed by atoms with Crippen LogP contribution in [0.4, 0.5) is 0 Å². The summed E-state index contributed by atoms with van der Waals surface area (Å²) in [6.07, 6.45) is 0.918. The van der Waals surface area contributed by atoms with Crippen LogP contribution in [0.5, 0.6) is 11.5 Å². The summed E-state index contributed by atoms with van der Waals surface area (Å²) in [5.74, 6) is 0.389. The Morgan fingerprint density at radius 1 is 1.38 bits per heavy atom. The van der Waals surface area contributed by atoms with Gasteiger partial charge in [-0.25, -0.2) is 0 Å². The Kier molecular flexibility index (Phi) is 6.47. The van der Waals surface area contributed by atoms with Gasteiger partial charge in [-0.15, -0.1) is 0 Å². The van der Waals surface area contributed by atoms with Crippen LogP contribution >= 0.6 is 12.2 Å². The summed E-state index contributed by atoms with van der Waals surface area (Å²) in [5, 5.41) is 13.9. The van der Waals surface area contributed by atoms with Crippen LogP contribution in [0.3, 0.4) is 0 Å². The fourth-order valence-electron chi connectivity index (χ4n) is 3.02. The summed E-state index contributed by atoms with van der Waals surface area (Å²) < 4.78 is 5.49. The largest absolute Gasteiger partial charge is 0.504 e. The molecule has 7 heteroatoms. The average molecular weight is 378 g/mol. The zero-order valence-electron chi connectivity index (χ0n) is 16.0. The number of amides is 1. The molecule has 0 radical (unpaired) electrons. The lowest BCUT2D eigenvalue weighted by Gasteiger charge is -2.38. The molecule has 1 atom stereocenters. The Morgan fingerprint density at radius 2 is 2.08 bits per heavy atom. The van der Waals surface area contributed by atoms with Crippen molar-refractivity contribution in [2.45, 2.75) is 33.2 Å². The first-order valence-corrected chi connectivity index (χ1v) is 9.18. The molecule has 1 aliphatic heterocycles. The monoisotopic (exact) mass is 377 g/mol. The highest BCUT2D eigenvalue weighted by atomic mass is 32.1. The molecule has 1 heterocycles. The zero-order chi connectivity index (χ0) is 19.4. The minimum Gasteiger partial charge on any atom is -0.504 e. The molecule has 1 aromatic carbocycles. The van der Waals surface area contributed by atoms with Gasteiger partial charge in [0.25, 0.3) is 5.91 Å². The molecule has 0 saturated heterocycles. The number of hydrogen-bond acceptors (Lipinski definition) is 4. The van der Waals surface area contributed by atoms with E-state index in [9.17, 15) is 9.90 Å². The number of nitrogens with one attached hydrogen (secondary N) is 1. The van der Waals surface area contributed by atoms with Gasteiger partial charge in [0, 0.05) is 26.3 Å². The molecule has 142 valence electrons. The Morgan fingerprint density at radius 3 is 2.65 bits per heavy atom. The number of phenols is 1. The number of allylic oxidation sites excluding steroid dienone is 1. The van der Waals surface area contributed by atoms with E-state index in [-0.39, 0.29) is 11.7 Å². The second-order valence-electron chi connectivity index (χ2n) is 6.39. The number of phenolic OH excluding ortho intramolecular Hbond substituents is 1. The van der Waals surface area contributed by atoms with E-state index in [4.69, 9.17) is 17.0 Å². The summed E-state index contributed by atoms with van der Waals surface area (Å²) in [4.78, 5) is 16.4. The molecule has 0 aliphatic carbocycles. The van der Waals surface area contributed by atoms with Crippen LogP contribution in [-0.2, 0) is 4.79 Å². The number of aromatic hydroxyl groups is 1. The number of ether oxygens (including phenoxy) is 1. The summed E-state index contributed by atoms with van der Waals surface area (Å²) in [6, 6.07) is 4.72. The highest BCUT2D eigenvalue weighted by molar-refractivity contribution is 7.80. The molecule has 26 heavy (non-hydrogen) atoms. The molecule has 6 nitrogen and oxygen atoms in total. The Hall–Kier alpha value is -2.28. The Balaban J connectivity index is 2.56. The van der Waals surface area contributed by atoms with Gasteiger partial charge in [0.1, 0.15) is 0 Å². The van der Waals surface area contributed by atoms with Crippen LogP contribution in [0.1, 0.15) is 38.8 Å². The molecule has 1 amide bonds. The summed E-state index contributed by atoms with van der Waals surface area (Å²) in [5.41, 5.74) is 2.31. The molecule has 0 aromatic heterocycles. The van der Waals surface area contributed by atoms with Gasteiger partial charge in [-0.3, -0.25) is 4.79 Å². The van der Waals surface area contributed by atoms with Crippen molar-refractivity contribution in [2.24, 2.45) is 0 Å². The van der Waals surface area contributed by atoms with E-state index in [1.165, 1.54) is 0 Å². The molecule has 0 fully saturated rings. The maximum Gasteiger partial charge on any atom is 0.253 e. The zero-order valence-corrected chi connectivity index (χ0v) is 16.8. The summed E-state index contributed by atoms with van der Waals surface area (Å²) in [7, 11) is 3.47. The van der Waals surface area contributed by atoms with Crippen LogP contribution in [0.25, 0.3) is 0 Å². The van der Waals surface area contributed by atoms with E-state index in [0.717, 1.165) is 24.2 Å². The van der Waals surface area contributed by atoms with Crippen molar-refractivity contribution in [1.82, 2.24) is 15.1 Å². The molecule has 0 bridgehead atoms. The topological polar surface area (TPSA) is 65.0 Å². The second kappa shape index (κ2) is 8.40. The number of nitrogens with zero attached hydrogens (tertiary/aromatic N) is 2. The minimum atomic E-state index is -0.398. The third-order valence-electron chi connectivity index (χ3n) is 4.30. The van der Waals surface area contributed by atoms with Crippen LogP contribution in [0, 0.1) is 0 Å². The van der Waals surface area contributed by atoms with Crippen molar-refractivity contribution in [3.8, 4) is 11.5 Å². The Labute approximate surface area is 160 Å². The molecule has 2 rings (SSSR count). The molecule has 1 aliphatic rings. The number of likely N-dealkylation sites (N-methyl/N-ethyl adjacent to an activating group) is 1. The van der Waals surface area contributed by atoms with Crippen molar-refractivity contribution in [1.29, 1.82) is 0 Å². The highest BCUT2D eigenvalue weighted by Crippen LogP contribution is 2.36. The Bertz CT molecular complexity index is 731. The quantitative estimate of drug-likeness (QED) is 0.743. The lowest BCUT2D eigenvalue weighted by atomic mass is 9.93. The van der Waals surface area contributed by atoms with E-state index in [1.54, 1.807) is 37.2 Å². The van der Waals surface area contributed by atoms with Gasteiger partial charge in [-0.05, 0) is 50.2 Å². The van der Waals surface area contributed by atoms with Crippen molar-refractivity contribution in [3.05, 3.63) is 35.0 Å². The minimum absolute atomic E-state index is 0.0720. The van der Waals surface area contributed by atoms with Gasteiger partial charge >= 0.3 is 0 Å². The lowest BCUT2D eigenvalue weighted by molar-refractivity contribution is -0.125. The molecule has 1 aromatic rings. The number of benzene rings is 1. The molecule has 1 unspecified atom stereocenters. The van der Waals surface area contributed by atoms with Crippen molar-refractivity contribution >= 4 is 23.2 Å². The lowest BCUT2D eigenvalue weighted by Crippen LogP contribution is -2.49. The predicted molar refractivity (Wildman–Crippen MR) is 106 cm³/mol. The maximum absolute atomic E-state index is 12.9. The number of rotatable bonds is 6. The fourth-order valence-corrected chi connectivity index (χ4v) is 3.37. The van der Waals surface area contributed by atoms with Gasteiger partial charge in [0.2, 0.25) is 0 Å². The SMILES string of the molecule is CCCN1C(=S)NC(c2ccc(O)c(OCC)c2)C(C(=O)N(C)C)=C1C. The summed E-state index contributed by atoms with van der Waals surface area (Å²) >= 11 is 5.54. The smallest absolute Gasteiger partial charge is 0.253 e. The first-order chi connectivity index (χ1) is 12.3. The highest BCUT2D eigenvalue weighted by Gasteiger charge is 2.34. The standard InChI is InChI=1S/C19H27N3O3S/c1-6-10-22-12(3)16(18(24)21(4)5)17(20-19(22)26)13-8-9-14(23)15(11-13)25-7-2/h8-9,11,17,23H,6-7,10H2,1-5H3,(H,20,26). The molecule has 0 spiro atoms. The van der Waals surface area contributed by atoms with Crippen molar-refractivity contribution in [2.75, 3.05) is 27.2 Å². The van der Waals surface area contributed by atoms with Crippen LogP contribution in [0.15, 0.2) is 29.5 Å². The van der Waals surface area contributed by atoms with Gasteiger partial charge in [-0.2, -0.15) is 0 Å². The van der Waals surface area contributed by atoms with E-state index < -0.39 is 6.04 Å². The molecule has 2 N–H and O–H groups in total. The molecular weight excluding hydrogens is 350 g/mol. The summed E-state index contributed by atoms with van der Waals surface area (Å²) in [6.45, 7) is 7.04. The van der Waals surface area contributed by atoms with Crippen LogP contribution in [-0.4, -0.2) is 53.2 Å². The number of carbonyl (C=O) groups excluding carboxylic acids is 1. The number of carbonyl (C=O) groups is 1. The number of hydrogen-bond donors (Lipinski definition) is 2. The van der Waals surface area contributed by atoms with Gasteiger partial charge in [0.15, 0.2) is 16.6 Å². The van der Waals surface area contributed by atoms with Gasteiger partial charge in [-0.1, -0.05) is 13.0 Å². The van der Waals surface area contributed by atoms with Crippen LogP contribution < -0.4 is 10.1 Å². The number of thiocarbonyl (C=S) groups is 1. The van der Waals surface area contributed by atoms with E-state index in [1.807, 2.05) is 18.7 Å². The predicted octanol–water partition coefficient (Wildman–Crippen LogP) is 2.79. The van der Waals surface area contributed by atoms with Gasteiger partial charge < -0.3 is 25.0 Å². The second-order valence-corrected chi connectivity index (χ2v) is 6.78. The van der Waals surface area contributed by atoms with Gasteiger partial charge in [0.05, 0.1) is 18.2 Å². The first kappa shape index (κ1) is 20.0. The van der Waals surface area contributed by atoms with E-state index in [0.29, 0.717) is 23.0 Å². The molecular formula is C19H27N3O3S. The normalized spacial score (nSPS) is 17.2. The fraction of sp³-hybridized carbons (Fsp3) is 0.474. The molecule has 0 saturated carbocycles. The third-order valence-corrected chi connectivity index (χ3v) is 4.64. The van der Waals surface area contributed by atoms with E-state index >= 15 is 0 Å². The first-order valence-electron chi connectivity index (χ1n) is 8.77. The maximum atomic E-state index is 12.9. The average Bonchev–Trinajstić information content (AvgIpc) is 2.59. The third kappa shape index (κ3) is 3.93.